The number of rotatable bonds is 7. The van der Waals surface area contributed by atoms with Crippen LogP contribution in [0, 0.1) is 23.0 Å². The predicted octanol–water partition coefficient (Wildman–Crippen LogP) is 6.39. The van der Waals surface area contributed by atoms with Crippen molar-refractivity contribution in [3.05, 3.63) is 65.2 Å². The minimum atomic E-state index is -0.346. The number of piperidine rings is 1. The van der Waals surface area contributed by atoms with Gasteiger partial charge in [-0.1, -0.05) is 39.0 Å². The topological polar surface area (TPSA) is 32.8 Å². The first-order valence-corrected chi connectivity index (χ1v) is 13.3. The molecule has 2 aliphatic heterocycles. The molecule has 0 spiro atoms. The molecule has 0 aromatic heterocycles. The Morgan fingerprint density at radius 1 is 0.972 bits per heavy atom. The fourth-order valence-corrected chi connectivity index (χ4v) is 5.41. The normalized spacial score (nSPS) is 19.7. The summed E-state index contributed by atoms with van der Waals surface area (Å²) in [5, 5.41) is 0. The van der Waals surface area contributed by atoms with Gasteiger partial charge in [0.2, 0.25) is 5.91 Å². The van der Waals surface area contributed by atoms with Crippen molar-refractivity contribution < 1.29 is 18.3 Å². The van der Waals surface area contributed by atoms with Crippen LogP contribution >= 0.6 is 0 Å². The fourth-order valence-electron chi connectivity index (χ4n) is 5.41. The third-order valence-electron chi connectivity index (χ3n) is 7.38. The highest BCUT2D eigenvalue weighted by Crippen LogP contribution is 2.39. The van der Waals surface area contributed by atoms with Gasteiger partial charge >= 0.3 is 0 Å². The number of anilines is 1. The molecule has 2 heterocycles. The molecule has 0 radical (unpaired) electrons. The van der Waals surface area contributed by atoms with Crippen LogP contribution in [0.15, 0.2) is 42.5 Å². The number of ether oxygens (including phenoxy) is 1. The van der Waals surface area contributed by atoms with Crippen molar-refractivity contribution in [2.45, 2.75) is 58.8 Å². The smallest absolute Gasteiger partial charge is 0.241 e. The summed E-state index contributed by atoms with van der Waals surface area (Å²) in [4.78, 5) is 17.5. The summed E-state index contributed by atoms with van der Waals surface area (Å²) in [6.45, 7) is 10.8. The molecule has 36 heavy (non-hydrogen) atoms. The van der Waals surface area contributed by atoms with E-state index in [-0.39, 0.29) is 28.9 Å². The van der Waals surface area contributed by atoms with Gasteiger partial charge in [-0.2, -0.15) is 0 Å². The lowest BCUT2D eigenvalue weighted by molar-refractivity contribution is -0.120. The molecule has 2 aromatic carbocycles. The molecule has 196 valence electrons. The van der Waals surface area contributed by atoms with E-state index >= 15 is 0 Å². The van der Waals surface area contributed by atoms with Crippen LogP contribution in [0.25, 0.3) is 0 Å². The summed E-state index contributed by atoms with van der Waals surface area (Å²) >= 11 is 0. The molecule has 6 heteroatoms. The highest BCUT2D eigenvalue weighted by atomic mass is 19.1. The van der Waals surface area contributed by atoms with Gasteiger partial charge in [-0.3, -0.25) is 9.69 Å². The van der Waals surface area contributed by atoms with Crippen molar-refractivity contribution in [1.29, 1.82) is 0 Å². The molecule has 0 N–H and O–H groups in total. The molecule has 1 amide bonds. The first kappa shape index (κ1) is 26.7. The quantitative estimate of drug-likeness (QED) is 0.415. The standard InChI is InChI=1S/C30H40F2N2O2/c1-30(2,3)21-36-18-14-22-12-16-33(17-13-22)20-29(35)34-15-4-5-26(23-6-8-24(31)9-7-23)27-11-10-25(32)19-28(27)34/h6-11,19,22,26H,4-5,12-18,20-21H2,1-3H3. The van der Waals surface area contributed by atoms with Gasteiger partial charge in [0.1, 0.15) is 11.6 Å². The Morgan fingerprint density at radius 2 is 1.67 bits per heavy atom. The third-order valence-corrected chi connectivity index (χ3v) is 7.38. The van der Waals surface area contributed by atoms with Gasteiger partial charge in [-0.15, -0.1) is 0 Å². The Balaban J connectivity index is 1.37. The molecule has 0 aliphatic carbocycles. The zero-order chi connectivity index (χ0) is 25.7. The Bertz CT molecular complexity index is 1010. The lowest BCUT2D eigenvalue weighted by Crippen LogP contribution is -2.44. The van der Waals surface area contributed by atoms with Gasteiger partial charge in [0.25, 0.3) is 0 Å². The van der Waals surface area contributed by atoms with Crippen LogP contribution in [-0.4, -0.2) is 50.2 Å². The van der Waals surface area contributed by atoms with E-state index in [1.807, 2.05) is 0 Å². The second-order valence-corrected chi connectivity index (χ2v) is 11.6. The Kier molecular flexibility index (Phi) is 8.78. The van der Waals surface area contributed by atoms with Gasteiger partial charge in [0.15, 0.2) is 0 Å². The maximum atomic E-state index is 14.3. The molecule has 2 aromatic rings. The Hall–Kier alpha value is -2.31. The average molecular weight is 499 g/mol. The van der Waals surface area contributed by atoms with E-state index in [0.717, 1.165) is 69.5 Å². The molecule has 1 unspecified atom stereocenters. The van der Waals surface area contributed by atoms with Gasteiger partial charge in [0.05, 0.1) is 18.8 Å². The summed E-state index contributed by atoms with van der Waals surface area (Å²) in [5.41, 5.74) is 2.77. The number of benzene rings is 2. The highest BCUT2D eigenvalue weighted by molar-refractivity contribution is 5.96. The van der Waals surface area contributed by atoms with Crippen molar-refractivity contribution in [3.8, 4) is 0 Å². The highest BCUT2D eigenvalue weighted by Gasteiger charge is 2.30. The van der Waals surface area contributed by atoms with Crippen LogP contribution in [0.1, 0.15) is 69.9 Å². The number of likely N-dealkylation sites (tertiary alicyclic amines) is 1. The zero-order valence-corrected chi connectivity index (χ0v) is 21.9. The summed E-state index contributed by atoms with van der Waals surface area (Å²) in [6, 6.07) is 11.3. The number of nitrogens with zero attached hydrogens (tertiary/aromatic N) is 2. The molecule has 0 bridgehead atoms. The number of fused-ring (bicyclic) bond motifs is 1. The van der Waals surface area contributed by atoms with Crippen molar-refractivity contribution >= 4 is 11.6 Å². The van der Waals surface area contributed by atoms with E-state index < -0.39 is 0 Å². The fraction of sp³-hybridized carbons (Fsp3) is 0.567. The molecule has 0 saturated carbocycles. The molecule has 1 fully saturated rings. The number of amides is 1. The van der Waals surface area contributed by atoms with Crippen molar-refractivity contribution in [3.63, 3.8) is 0 Å². The van der Waals surface area contributed by atoms with Crippen LogP contribution < -0.4 is 4.90 Å². The maximum absolute atomic E-state index is 14.3. The summed E-state index contributed by atoms with van der Waals surface area (Å²) in [5.74, 6) is 0.0510. The van der Waals surface area contributed by atoms with Crippen LogP contribution in [0.3, 0.4) is 0 Å². The predicted molar refractivity (Wildman–Crippen MR) is 140 cm³/mol. The van der Waals surface area contributed by atoms with Crippen molar-refractivity contribution in [1.82, 2.24) is 4.90 Å². The van der Waals surface area contributed by atoms with Crippen LogP contribution in [0.4, 0.5) is 14.5 Å². The second-order valence-electron chi connectivity index (χ2n) is 11.6. The third kappa shape index (κ3) is 7.13. The number of hydrogen-bond donors (Lipinski definition) is 0. The number of halogens is 2. The lowest BCUT2D eigenvalue weighted by Gasteiger charge is -2.33. The number of hydrogen-bond acceptors (Lipinski definition) is 3. The zero-order valence-electron chi connectivity index (χ0n) is 21.9. The van der Waals surface area contributed by atoms with E-state index in [9.17, 15) is 13.6 Å². The Labute approximate surface area is 214 Å². The van der Waals surface area contributed by atoms with E-state index in [0.29, 0.717) is 24.7 Å². The molecule has 2 aliphatic rings. The van der Waals surface area contributed by atoms with Crippen LogP contribution in [-0.2, 0) is 9.53 Å². The summed E-state index contributed by atoms with van der Waals surface area (Å²) in [6.07, 6.45) is 4.85. The molecule has 4 nitrogen and oxygen atoms in total. The molecular weight excluding hydrogens is 458 g/mol. The largest absolute Gasteiger partial charge is 0.381 e. The molecule has 4 rings (SSSR count). The van der Waals surface area contributed by atoms with E-state index in [1.165, 1.54) is 24.3 Å². The number of carbonyl (C=O) groups is 1. The van der Waals surface area contributed by atoms with Crippen molar-refractivity contribution in [2.75, 3.05) is 44.3 Å². The number of carbonyl (C=O) groups excluding carboxylic acids is 1. The summed E-state index contributed by atoms with van der Waals surface area (Å²) in [7, 11) is 0. The van der Waals surface area contributed by atoms with Gasteiger partial charge < -0.3 is 9.64 Å². The van der Waals surface area contributed by atoms with Crippen LogP contribution in [0.2, 0.25) is 0 Å². The summed E-state index contributed by atoms with van der Waals surface area (Å²) < 4.78 is 33.7. The van der Waals surface area contributed by atoms with E-state index in [1.54, 1.807) is 23.1 Å². The molecular formula is C30H40F2N2O2. The van der Waals surface area contributed by atoms with E-state index in [4.69, 9.17) is 4.74 Å². The van der Waals surface area contributed by atoms with Crippen LogP contribution in [0.5, 0.6) is 0 Å². The SMILES string of the molecule is CC(C)(C)COCCC1CCN(CC(=O)N2CCCC(c3ccc(F)cc3)c3ccc(F)cc32)CC1. The minimum Gasteiger partial charge on any atom is -0.381 e. The minimum absolute atomic E-state index is 0.00949. The Morgan fingerprint density at radius 3 is 2.36 bits per heavy atom. The van der Waals surface area contributed by atoms with Gasteiger partial charge in [0, 0.05) is 19.1 Å². The van der Waals surface area contributed by atoms with Gasteiger partial charge in [-0.25, -0.2) is 8.78 Å². The lowest BCUT2D eigenvalue weighted by atomic mass is 9.87. The van der Waals surface area contributed by atoms with Gasteiger partial charge in [-0.05, 0) is 91.9 Å². The molecule has 1 saturated heterocycles. The molecule has 1 atom stereocenters. The van der Waals surface area contributed by atoms with E-state index in [2.05, 4.69) is 25.7 Å². The van der Waals surface area contributed by atoms with Crippen molar-refractivity contribution in [2.24, 2.45) is 11.3 Å². The first-order chi connectivity index (χ1) is 17.2. The maximum Gasteiger partial charge on any atom is 0.241 e. The average Bonchev–Trinajstić information content (AvgIpc) is 3.02. The first-order valence-electron chi connectivity index (χ1n) is 13.3. The second kappa shape index (κ2) is 11.8. The monoisotopic (exact) mass is 498 g/mol.